The average Bonchev–Trinajstić information content (AvgIpc) is 3.04. The van der Waals surface area contributed by atoms with E-state index in [4.69, 9.17) is 37.1 Å². The van der Waals surface area contributed by atoms with Gasteiger partial charge in [-0.05, 0) is 24.6 Å². The van der Waals surface area contributed by atoms with Crippen LogP contribution in [0.3, 0.4) is 0 Å². The number of fused-ring (bicyclic) bond motifs is 2. The number of rotatable bonds is 3. The first-order chi connectivity index (χ1) is 14.2. The molecule has 0 saturated carbocycles. The van der Waals surface area contributed by atoms with Gasteiger partial charge in [-0.25, -0.2) is 0 Å². The van der Waals surface area contributed by atoms with Crippen molar-refractivity contribution in [2.75, 3.05) is 13.7 Å². The number of hydrogen-bond donors (Lipinski definition) is 4. The molecule has 5 atom stereocenters. The molecule has 1 aliphatic heterocycles. The summed E-state index contributed by atoms with van der Waals surface area (Å²) in [5, 5.41) is 40.9. The molecule has 9 nitrogen and oxygen atoms in total. The van der Waals surface area contributed by atoms with E-state index in [9.17, 15) is 25.2 Å². The fourth-order valence-corrected chi connectivity index (χ4v) is 4.41. The van der Waals surface area contributed by atoms with Crippen LogP contribution in [0.25, 0.3) is 22.1 Å². The van der Waals surface area contributed by atoms with E-state index in [-0.39, 0.29) is 32.2 Å². The molecule has 4 N–H and O–H groups in total. The highest BCUT2D eigenvalue weighted by Crippen LogP contribution is 2.39. The van der Waals surface area contributed by atoms with Gasteiger partial charge in [0.25, 0.3) is 0 Å². The standard InChI is InChI=1S/C19H19Cl2NO8/c1-6-3-8(20)13(25)11-12(24)7-4-10(21)22(18(7)30-16(6)11)19-15(27)14(26)17(28-2)9(5-23)29-19/h3-4,9,14-15,17,19,23,25-27H,5H2,1-2H3/t9-,14-,15-,17-,19+/m1/s1. The summed E-state index contributed by atoms with van der Waals surface area (Å²) in [6, 6.07) is 2.75. The number of aliphatic hydroxyl groups excluding tert-OH is 3. The zero-order chi connectivity index (χ0) is 21.9. The maximum Gasteiger partial charge on any atom is 0.214 e. The smallest absolute Gasteiger partial charge is 0.214 e. The second kappa shape index (κ2) is 7.69. The van der Waals surface area contributed by atoms with Crippen LogP contribution in [-0.4, -0.2) is 63.1 Å². The van der Waals surface area contributed by atoms with Crippen LogP contribution in [0, 0.1) is 6.92 Å². The van der Waals surface area contributed by atoms with E-state index in [1.54, 1.807) is 6.92 Å². The summed E-state index contributed by atoms with van der Waals surface area (Å²) in [6.45, 7) is 1.16. The Balaban J connectivity index is 1.98. The largest absolute Gasteiger partial charge is 0.505 e. The highest BCUT2D eigenvalue weighted by molar-refractivity contribution is 6.33. The minimum atomic E-state index is -1.51. The first-order valence-electron chi connectivity index (χ1n) is 9.01. The summed E-state index contributed by atoms with van der Waals surface area (Å²) in [5.41, 5.74) is -0.0290. The molecule has 1 saturated heterocycles. The van der Waals surface area contributed by atoms with Crippen LogP contribution in [0.2, 0.25) is 10.2 Å². The van der Waals surface area contributed by atoms with Crippen LogP contribution < -0.4 is 5.43 Å². The third-order valence-corrected chi connectivity index (χ3v) is 5.95. The van der Waals surface area contributed by atoms with Gasteiger partial charge in [0.1, 0.15) is 46.3 Å². The summed E-state index contributed by atoms with van der Waals surface area (Å²) in [4.78, 5) is 13.1. The second-order valence-corrected chi connectivity index (χ2v) is 7.94. The Bertz CT molecular complexity index is 1190. The lowest BCUT2D eigenvalue weighted by Gasteiger charge is -2.42. The first kappa shape index (κ1) is 21.4. The van der Waals surface area contributed by atoms with Gasteiger partial charge < -0.3 is 34.3 Å². The second-order valence-electron chi connectivity index (χ2n) is 7.14. The molecule has 11 heteroatoms. The Kier molecular flexibility index (Phi) is 5.48. The van der Waals surface area contributed by atoms with Crippen LogP contribution in [0.4, 0.5) is 0 Å². The first-order valence-corrected chi connectivity index (χ1v) is 9.77. The lowest BCUT2D eigenvalue weighted by Crippen LogP contribution is -2.57. The maximum atomic E-state index is 13.1. The Morgan fingerprint density at radius 1 is 1.23 bits per heavy atom. The number of aliphatic hydroxyl groups is 3. The molecule has 3 heterocycles. The summed E-state index contributed by atoms with van der Waals surface area (Å²) < 4.78 is 18.0. The van der Waals surface area contributed by atoms with Gasteiger partial charge in [-0.1, -0.05) is 23.2 Å². The lowest BCUT2D eigenvalue weighted by molar-refractivity contribution is -0.256. The number of nitrogens with zero attached hydrogens (tertiary/aromatic N) is 1. The molecule has 162 valence electrons. The number of halogens is 2. The van der Waals surface area contributed by atoms with E-state index in [0.717, 1.165) is 0 Å². The SMILES string of the molecule is CO[C@H]1[C@H](O)[C@@H](O)[C@@H](n2c(Cl)cc3c(=O)c4c(O)c(Cl)cc(C)c4oc32)O[C@@H]1CO. The number of aryl methyl sites for hydroxylation is 1. The third-order valence-electron chi connectivity index (χ3n) is 5.37. The predicted molar refractivity (Wildman–Crippen MR) is 108 cm³/mol. The average molecular weight is 460 g/mol. The van der Waals surface area contributed by atoms with E-state index in [0.29, 0.717) is 5.56 Å². The topological polar surface area (TPSA) is 135 Å². The summed E-state index contributed by atoms with van der Waals surface area (Å²) in [5.74, 6) is -0.413. The third kappa shape index (κ3) is 3.01. The number of methoxy groups -OCH3 is 1. The summed E-state index contributed by atoms with van der Waals surface area (Å²) >= 11 is 12.3. The number of ether oxygens (including phenoxy) is 2. The Morgan fingerprint density at radius 2 is 1.93 bits per heavy atom. The predicted octanol–water partition coefficient (Wildman–Crippen LogP) is 1.70. The van der Waals surface area contributed by atoms with Crippen LogP contribution >= 0.6 is 23.2 Å². The van der Waals surface area contributed by atoms with Gasteiger partial charge in [0.2, 0.25) is 11.1 Å². The molecule has 2 aromatic heterocycles. The van der Waals surface area contributed by atoms with Crippen molar-refractivity contribution in [3.8, 4) is 5.75 Å². The van der Waals surface area contributed by atoms with Crippen molar-refractivity contribution in [2.24, 2.45) is 0 Å². The van der Waals surface area contributed by atoms with Gasteiger partial charge in [-0.2, -0.15) is 0 Å². The lowest BCUT2D eigenvalue weighted by atomic mass is 9.98. The molecule has 0 amide bonds. The summed E-state index contributed by atoms with van der Waals surface area (Å²) in [6.07, 6.45) is -6.14. The van der Waals surface area contributed by atoms with Crippen LogP contribution in [0.1, 0.15) is 11.8 Å². The molecule has 30 heavy (non-hydrogen) atoms. The summed E-state index contributed by atoms with van der Waals surface area (Å²) in [7, 11) is 1.32. The van der Waals surface area contributed by atoms with Gasteiger partial charge in [-0.3, -0.25) is 9.36 Å². The fraction of sp³-hybridized carbons (Fsp3) is 0.421. The van der Waals surface area contributed by atoms with Gasteiger partial charge in [0.15, 0.2) is 6.23 Å². The molecule has 4 rings (SSSR count). The van der Waals surface area contributed by atoms with Crippen molar-refractivity contribution in [3.63, 3.8) is 0 Å². The van der Waals surface area contributed by atoms with Gasteiger partial charge in [0.05, 0.1) is 17.0 Å². The van der Waals surface area contributed by atoms with Crippen molar-refractivity contribution < 1.29 is 34.3 Å². The Labute approximate surface area is 179 Å². The molecule has 0 aliphatic carbocycles. The molecule has 1 aromatic carbocycles. The number of phenols is 1. The van der Waals surface area contributed by atoms with Crippen LogP contribution in [0.15, 0.2) is 21.3 Å². The molecule has 3 aromatic rings. The van der Waals surface area contributed by atoms with Crippen LogP contribution in [-0.2, 0) is 9.47 Å². The quantitative estimate of drug-likeness (QED) is 0.464. The van der Waals surface area contributed by atoms with E-state index in [1.807, 2.05) is 0 Å². The molecule has 1 fully saturated rings. The minimum absolute atomic E-state index is 0.00253. The zero-order valence-corrected chi connectivity index (χ0v) is 17.4. The van der Waals surface area contributed by atoms with E-state index >= 15 is 0 Å². The highest BCUT2D eigenvalue weighted by Gasteiger charge is 2.46. The van der Waals surface area contributed by atoms with Crippen LogP contribution in [0.5, 0.6) is 5.75 Å². The van der Waals surface area contributed by atoms with E-state index in [1.165, 1.54) is 23.8 Å². The number of benzene rings is 1. The molecule has 0 bridgehead atoms. The van der Waals surface area contributed by atoms with Crippen molar-refractivity contribution in [2.45, 2.75) is 37.6 Å². The zero-order valence-electron chi connectivity index (χ0n) is 15.9. The molecular formula is C19H19Cl2NO8. The monoisotopic (exact) mass is 459 g/mol. The normalized spacial score (nSPS) is 27.2. The van der Waals surface area contributed by atoms with Gasteiger partial charge in [0, 0.05) is 7.11 Å². The minimum Gasteiger partial charge on any atom is -0.505 e. The molecule has 0 radical (unpaired) electrons. The van der Waals surface area contributed by atoms with Crippen molar-refractivity contribution in [1.29, 1.82) is 0 Å². The van der Waals surface area contributed by atoms with Gasteiger partial charge >= 0.3 is 0 Å². The van der Waals surface area contributed by atoms with Crippen molar-refractivity contribution in [3.05, 3.63) is 38.1 Å². The number of phenolic OH excluding ortho intramolecular Hbond substituents is 1. The van der Waals surface area contributed by atoms with E-state index in [2.05, 4.69) is 0 Å². The van der Waals surface area contributed by atoms with Gasteiger partial charge in [-0.15, -0.1) is 0 Å². The Hall–Kier alpha value is -1.85. The maximum absolute atomic E-state index is 13.1. The van der Waals surface area contributed by atoms with Crippen molar-refractivity contribution >= 4 is 45.3 Å². The molecule has 0 unspecified atom stereocenters. The van der Waals surface area contributed by atoms with E-state index < -0.39 is 48.4 Å². The number of aromatic nitrogens is 1. The van der Waals surface area contributed by atoms with Crippen molar-refractivity contribution in [1.82, 2.24) is 4.57 Å². The molecular weight excluding hydrogens is 441 g/mol. The number of aromatic hydroxyl groups is 1. The molecule has 1 aliphatic rings. The fourth-order valence-electron chi connectivity index (χ4n) is 3.87. The number of hydrogen-bond acceptors (Lipinski definition) is 8. The molecule has 0 spiro atoms. The highest BCUT2D eigenvalue weighted by atomic mass is 35.5. The Morgan fingerprint density at radius 3 is 2.57 bits per heavy atom.